The zero-order chi connectivity index (χ0) is 12.3. The summed E-state index contributed by atoms with van der Waals surface area (Å²) in [5, 5.41) is 13.1. The Morgan fingerprint density at radius 1 is 1.65 bits per heavy atom. The molecule has 0 amide bonds. The second kappa shape index (κ2) is 5.31. The van der Waals surface area contributed by atoms with Crippen molar-refractivity contribution in [1.29, 1.82) is 0 Å². The Balaban J connectivity index is 1.90. The van der Waals surface area contributed by atoms with Gasteiger partial charge in [0, 0.05) is 32.3 Å². The fourth-order valence-electron chi connectivity index (χ4n) is 2.40. The molecular formula is C12H19N3O2. The third kappa shape index (κ3) is 3.30. The van der Waals surface area contributed by atoms with Crippen molar-refractivity contribution in [3.8, 4) is 0 Å². The minimum atomic E-state index is -0.718. The molecule has 0 spiro atoms. The number of rotatable bonds is 4. The Hall–Kier alpha value is -1.36. The van der Waals surface area contributed by atoms with Crippen LogP contribution in [-0.2, 0) is 11.8 Å². The summed E-state index contributed by atoms with van der Waals surface area (Å²) in [7, 11) is 1.93. The average Bonchev–Trinajstić information content (AvgIpc) is 2.74. The number of aryl methyl sites for hydroxylation is 1. The lowest BCUT2D eigenvalue weighted by Crippen LogP contribution is -2.36. The van der Waals surface area contributed by atoms with Crippen LogP contribution in [-0.4, -0.2) is 45.4 Å². The molecule has 0 radical (unpaired) electrons. The van der Waals surface area contributed by atoms with Crippen LogP contribution >= 0.6 is 0 Å². The van der Waals surface area contributed by atoms with Gasteiger partial charge in [-0.1, -0.05) is 0 Å². The standard InChI is InChI=1S/C12H19N3O2/c1-14-7-4-11(13-14)10-3-2-6-15(9-10)8-5-12(16)17/h4,7,10H,2-3,5-6,8-9H2,1H3,(H,16,17)/t10-/m0/s1. The zero-order valence-corrected chi connectivity index (χ0v) is 10.2. The van der Waals surface area contributed by atoms with E-state index in [1.54, 1.807) is 0 Å². The molecule has 1 fully saturated rings. The lowest BCUT2D eigenvalue weighted by Gasteiger charge is -2.31. The Bertz CT molecular complexity index is 389. The van der Waals surface area contributed by atoms with Gasteiger partial charge in [0.25, 0.3) is 0 Å². The van der Waals surface area contributed by atoms with Gasteiger partial charge in [-0.05, 0) is 25.5 Å². The van der Waals surface area contributed by atoms with Crippen molar-refractivity contribution in [2.45, 2.75) is 25.2 Å². The predicted octanol–water partition coefficient (Wildman–Crippen LogP) is 1.07. The van der Waals surface area contributed by atoms with Gasteiger partial charge < -0.3 is 10.0 Å². The van der Waals surface area contributed by atoms with Gasteiger partial charge in [-0.3, -0.25) is 9.48 Å². The first-order valence-electron chi connectivity index (χ1n) is 6.09. The zero-order valence-electron chi connectivity index (χ0n) is 10.2. The van der Waals surface area contributed by atoms with Crippen LogP contribution < -0.4 is 0 Å². The van der Waals surface area contributed by atoms with Gasteiger partial charge in [-0.15, -0.1) is 0 Å². The summed E-state index contributed by atoms with van der Waals surface area (Å²) in [6.07, 6.45) is 4.47. The van der Waals surface area contributed by atoms with E-state index in [4.69, 9.17) is 5.11 Å². The number of carbonyl (C=O) groups is 1. The van der Waals surface area contributed by atoms with Crippen LogP contribution in [0, 0.1) is 0 Å². The number of likely N-dealkylation sites (tertiary alicyclic amines) is 1. The summed E-state index contributed by atoms with van der Waals surface area (Å²) in [6, 6.07) is 2.06. The molecule has 94 valence electrons. The van der Waals surface area contributed by atoms with E-state index in [2.05, 4.69) is 16.1 Å². The molecule has 0 saturated carbocycles. The number of carboxylic acids is 1. The molecule has 1 aromatic heterocycles. The van der Waals surface area contributed by atoms with Crippen molar-refractivity contribution in [1.82, 2.24) is 14.7 Å². The quantitative estimate of drug-likeness (QED) is 0.851. The van der Waals surface area contributed by atoms with E-state index < -0.39 is 5.97 Å². The minimum Gasteiger partial charge on any atom is -0.481 e. The molecule has 1 aliphatic heterocycles. The first kappa shape index (κ1) is 12.1. The van der Waals surface area contributed by atoms with Gasteiger partial charge in [-0.2, -0.15) is 5.10 Å². The van der Waals surface area contributed by atoms with Crippen LogP contribution in [0.4, 0.5) is 0 Å². The van der Waals surface area contributed by atoms with Crippen molar-refractivity contribution in [2.75, 3.05) is 19.6 Å². The van der Waals surface area contributed by atoms with Gasteiger partial charge in [0.1, 0.15) is 0 Å². The number of piperidine rings is 1. The molecule has 2 rings (SSSR count). The highest BCUT2D eigenvalue weighted by molar-refractivity contribution is 5.66. The van der Waals surface area contributed by atoms with Crippen LogP contribution in [0.1, 0.15) is 30.9 Å². The molecule has 1 aromatic rings. The van der Waals surface area contributed by atoms with E-state index in [9.17, 15) is 4.79 Å². The fraction of sp³-hybridized carbons (Fsp3) is 0.667. The monoisotopic (exact) mass is 237 g/mol. The molecule has 1 N–H and O–H groups in total. The number of aliphatic carboxylic acids is 1. The van der Waals surface area contributed by atoms with Crippen LogP contribution in [0.25, 0.3) is 0 Å². The van der Waals surface area contributed by atoms with Crippen LogP contribution in [0.3, 0.4) is 0 Å². The first-order chi connectivity index (χ1) is 8.15. The molecule has 5 heteroatoms. The predicted molar refractivity (Wildman–Crippen MR) is 63.9 cm³/mol. The summed E-state index contributed by atoms with van der Waals surface area (Å²) >= 11 is 0. The van der Waals surface area contributed by atoms with Crippen molar-refractivity contribution in [3.05, 3.63) is 18.0 Å². The van der Waals surface area contributed by atoms with Gasteiger partial charge in [0.15, 0.2) is 0 Å². The molecule has 0 unspecified atom stereocenters. The summed E-state index contributed by atoms with van der Waals surface area (Å²) < 4.78 is 1.82. The topological polar surface area (TPSA) is 58.4 Å². The van der Waals surface area contributed by atoms with E-state index in [1.807, 2.05) is 17.9 Å². The molecule has 0 aliphatic carbocycles. The third-order valence-corrected chi connectivity index (χ3v) is 3.30. The van der Waals surface area contributed by atoms with Gasteiger partial charge >= 0.3 is 5.97 Å². The Kier molecular flexibility index (Phi) is 3.78. The molecule has 1 aliphatic rings. The molecule has 2 heterocycles. The van der Waals surface area contributed by atoms with Crippen molar-refractivity contribution >= 4 is 5.97 Å². The third-order valence-electron chi connectivity index (χ3n) is 3.30. The lowest BCUT2D eigenvalue weighted by atomic mass is 9.95. The highest BCUT2D eigenvalue weighted by Crippen LogP contribution is 2.25. The molecule has 0 bridgehead atoms. The van der Waals surface area contributed by atoms with E-state index in [1.165, 1.54) is 0 Å². The van der Waals surface area contributed by atoms with Gasteiger partial charge in [-0.25, -0.2) is 0 Å². The summed E-state index contributed by atoms with van der Waals surface area (Å²) in [4.78, 5) is 12.8. The second-order valence-corrected chi connectivity index (χ2v) is 4.70. The molecule has 1 saturated heterocycles. The summed E-state index contributed by atoms with van der Waals surface area (Å²) in [5.74, 6) is -0.260. The maximum absolute atomic E-state index is 10.6. The Morgan fingerprint density at radius 2 is 2.47 bits per heavy atom. The largest absolute Gasteiger partial charge is 0.481 e. The van der Waals surface area contributed by atoms with Crippen molar-refractivity contribution in [2.24, 2.45) is 7.05 Å². The lowest BCUT2D eigenvalue weighted by molar-refractivity contribution is -0.137. The second-order valence-electron chi connectivity index (χ2n) is 4.70. The maximum Gasteiger partial charge on any atom is 0.304 e. The Morgan fingerprint density at radius 3 is 3.12 bits per heavy atom. The van der Waals surface area contributed by atoms with E-state index in [0.29, 0.717) is 12.5 Å². The Labute approximate surface area is 101 Å². The van der Waals surface area contributed by atoms with Gasteiger partial charge in [0.05, 0.1) is 12.1 Å². The number of nitrogens with zero attached hydrogens (tertiary/aromatic N) is 3. The van der Waals surface area contributed by atoms with Crippen LogP contribution in [0.2, 0.25) is 0 Å². The van der Waals surface area contributed by atoms with Crippen molar-refractivity contribution in [3.63, 3.8) is 0 Å². The smallest absolute Gasteiger partial charge is 0.304 e. The SMILES string of the molecule is Cn1ccc([C@H]2CCCN(CCC(=O)O)C2)n1. The van der Waals surface area contributed by atoms with E-state index in [0.717, 1.165) is 31.6 Å². The normalized spacial score (nSPS) is 21.6. The van der Waals surface area contributed by atoms with Crippen LogP contribution in [0.5, 0.6) is 0 Å². The number of hydrogen-bond acceptors (Lipinski definition) is 3. The van der Waals surface area contributed by atoms with Crippen molar-refractivity contribution < 1.29 is 9.90 Å². The highest BCUT2D eigenvalue weighted by atomic mass is 16.4. The molecular weight excluding hydrogens is 218 g/mol. The molecule has 5 nitrogen and oxygen atoms in total. The van der Waals surface area contributed by atoms with E-state index >= 15 is 0 Å². The number of aromatic nitrogens is 2. The van der Waals surface area contributed by atoms with Gasteiger partial charge in [0.2, 0.25) is 0 Å². The average molecular weight is 237 g/mol. The summed E-state index contributed by atoms with van der Waals surface area (Å²) in [5.41, 5.74) is 1.13. The molecule has 0 aromatic carbocycles. The first-order valence-corrected chi connectivity index (χ1v) is 6.09. The maximum atomic E-state index is 10.6. The molecule has 1 atom stereocenters. The number of hydrogen-bond donors (Lipinski definition) is 1. The summed E-state index contributed by atoms with van der Waals surface area (Å²) in [6.45, 7) is 2.60. The molecule has 17 heavy (non-hydrogen) atoms. The van der Waals surface area contributed by atoms with E-state index in [-0.39, 0.29) is 6.42 Å². The highest BCUT2D eigenvalue weighted by Gasteiger charge is 2.23. The number of carboxylic acid groups (broad SMARTS) is 1. The minimum absolute atomic E-state index is 0.231. The van der Waals surface area contributed by atoms with Crippen LogP contribution in [0.15, 0.2) is 12.3 Å². The fourth-order valence-corrected chi connectivity index (χ4v) is 2.40.